The van der Waals surface area contributed by atoms with Crippen LogP contribution in [0.1, 0.15) is 5.69 Å². The maximum Gasteiger partial charge on any atom is 0.233 e. The molecule has 0 atom stereocenters. The van der Waals surface area contributed by atoms with Gasteiger partial charge in [0.2, 0.25) is 5.89 Å². The summed E-state index contributed by atoms with van der Waals surface area (Å²) < 4.78 is 31.2. The van der Waals surface area contributed by atoms with Crippen LogP contribution in [0.3, 0.4) is 0 Å². The number of benzene rings is 1. The molecule has 0 amide bonds. The van der Waals surface area contributed by atoms with Crippen LogP contribution in [0.2, 0.25) is 0 Å². The number of nitrogens with zero attached hydrogens (tertiary/aromatic N) is 2. The largest absolute Gasteiger partial charge is 0.443 e. The topological polar surface area (TPSA) is 49.8 Å². The fourth-order valence-corrected chi connectivity index (χ4v) is 1.14. The van der Waals surface area contributed by atoms with Crippen molar-refractivity contribution in [3.8, 4) is 17.5 Å². The van der Waals surface area contributed by atoms with E-state index in [2.05, 4.69) is 4.98 Å². The van der Waals surface area contributed by atoms with Crippen LogP contribution in [0.5, 0.6) is 0 Å². The maximum atomic E-state index is 13.2. The molecule has 0 spiro atoms. The molecule has 3 nitrogen and oxygen atoms in total. The van der Waals surface area contributed by atoms with Gasteiger partial charge in [0.05, 0.1) is 0 Å². The van der Waals surface area contributed by atoms with E-state index in [1.165, 1.54) is 6.07 Å². The second kappa shape index (κ2) is 3.50. The fraction of sp³-hybridized carbons (Fsp3) is 0. The van der Waals surface area contributed by atoms with Gasteiger partial charge in [-0.1, -0.05) is 6.07 Å². The third kappa shape index (κ3) is 1.57. The Labute approximate surface area is 83.6 Å². The van der Waals surface area contributed by atoms with Crippen molar-refractivity contribution in [2.75, 3.05) is 0 Å². The molecule has 0 N–H and O–H groups in total. The summed E-state index contributed by atoms with van der Waals surface area (Å²) in [5.74, 6) is -1.79. The molecule has 0 saturated heterocycles. The summed E-state index contributed by atoms with van der Waals surface area (Å²) >= 11 is 0. The van der Waals surface area contributed by atoms with Gasteiger partial charge in [-0.25, -0.2) is 8.78 Å². The molecule has 0 aliphatic carbocycles. The van der Waals surface area contributed by atoms with Crippen LogP contribution in [-0.4, -0.2) is 4.98 Å². The summed E-state index contributed by atoms with van der Waals surface area (Å²) in [6, 6.07) is 5.13. The molecule has 0 unspecified atom stereocenters. The first-order chi connectivity index (χ1) is 7.22. The van der Waals surface area contributed by atoms with E-state index in [0.29, 0.717) is 0 Å². The predicted octanol–water partition coefficient (Wildman–Crippen LogP) is 2.49. The minimum Gasteiger partial charge on any atom is -0.443 e. The number of halogens is 2. The first-order valence-electron chi connectivity index (χ1n) is 4.02. The van der Waals surface area contributed by atoms with E-state index >= 15 is 0 Å². The first-order valence-corrected chi connectivity index (χ1v) is 4.02. The molecule has 0 aliphatic heterocycles. The van der Waals surface area contributed by atoms with E-state index in [1.54, 1.807) is 6.07 Å². The minimum absolute atomic E-state index is 0.0207. The molecule has 0 bridgehead atoms. The van der Waals surface area contributed by atoms with Crippen LogP contribution in [0, 0.1) is 23.0 Å². The molecule has 74 valence electrons. The van der Waals surface area contributed by atoms with Gasteiger partial charge in [0.25, 0.3) is 0 Å². The standard InChI is InChI=1S/C10H4F2N2O/c11-7-2-1-3-8(12)9(7)10-14-6(4-13)5-15-10/h1-3,5H. The molecule has 1 heterocycles. The third-order valence-electron chi connectivity index (χ3n) is 1.80. The summed E-state index contributed by atoms with van der Waals surface area (Å²) in [6.07, 6.45) is 1.04. The lowest BCUT2D eigenvalue weighted by Crippen LogP contribution is -1.89. The molecular weight excluding hydrogens is 202 g/mol. The van der Waals surface area contributed by atoms with Gasteiger partial charge in [0.1, 0.15) is 29.5 Å². The highest BCUT2D eigenvalue weighted by atomic mass is 19.1. The number of hydrogen-bond donors (Lipinski definition) is 0. The Hall–Kier alpha value is -2.22. The van der Waals surface area contributed by atoms with Gasteiger partial charge in [-0.05, 0) is 12.1 Å². The average molecular weight is 206 g/mol. The lowest BCUT2D eigenvalue weighted by atomic mass is 10.2. The Kier molecular flexibility index (Phi) is 2.18. The molecule has 2 aromatic rings. The smallest absolute Gasteiger partial charge is 0.233 e. The summed E-state index contributed by atoms with van der Waals surface area (Å²) in [5, 5.41) is 8.48. The van der Waals surface area contributed by atoms with E-state index in [-0.39, 0.29) is 17.1 Å². The van der Waals surface area contributed by atoms with Crippen molar-refractivity contribution in [1.82, 2.24) is 4.98 Å². The van der Waals surface area contributed by atoms with Crippen molar-refractivity contribution in [2.24, 2.45) is 0 Å². The van der Waals surface area contributed by atoms with Crippen LogP contribution < -0.4 is 0 Å². The molecule has 2 rings (SSSR count). The second-order valence-corrected chi connectivity index (χ2v) is 2.75. The van der Waals surface area contributed by atoms with Gasteiger partial charge in [-0.2, -0.15) is 10.2 Å². The van der Waals surface area contributed by atoms with Crippen LogP contribution in [0.15, 0.2) is 28.9 Å². The lowest BCUT2D eigenvalue weighted by molar-refractivity contribution is 0.541. The van der Waals surface area contributed by atoms with Gasteiger partial charge in [-0.15, -0.1) is 0 Å². The van der Waals surface area contributed by atoms with E-state index < -0.39 is 11.6 Å². The van der Waals surface area contributed by atoms with Crippen LogP contribution >= 0.6 is 0 Å². The third-order valence-corrected chi connectivity index (χ3v) is 1.80. The number of aromatic nitrogens is 1. The highest BCUT2D eigenvalue weighted by Crippen LogP contribution is 2.24. The van der Waals surface area contributed by atoms with Gasteiger partial charge in [0, 0.05) is 0 Å². The van der Waals surface area contributed by atoms with Crippen LogP contribution in [0.25, 0.3) is 11.5 Å². The zero-order chi connectivity index (χ0) is 10.8. The van der Waals surface area contributed by atoms with Gasteiger partial charge >= 0.3 is 0 Å². The van der Waals surface area contributed by atoms with E-state index in [0.717, 1.165) is 18.4 Å². The van der Waals surface area contributed by atoms with E-state index in [1.807, 2.05) is 0 Å². The Morgan fingerprint density at radius 3 is 2.47 bits per heavy atom. The minimum atomic E-state index is -0.777. The van der Waals surface area contributed by atoms with E-state index in [4.69, 9.17) is 9.68 Å². The van der Waals surface area contributed by atoms with Gasteiger partial charge in [0.15, 0.2) is 5.69 Å². The molecule has 0 radical (unpaired) electrons. The molecule has 0 aliphatic rings. The normalized spacial score (nSPS) is 9.93. The van der Waals surface area contributed by atoms with Crippen LogP contribution in [0.4, 0.5) is 8.78 Å². The first kappa shape index (κ1) is 9.34. The average Bonchev–Trinajstić information content (AvgIpc) is 2.66. The molecule has 0 saturated carbocycles. The number of nitriles is 1. The Morgan fingerprint density at radius 1 is 1.27 bits per heavy atom. The zero-order valence-corrected chi connectivity index (χ0v) is 7.37. The molecule has 1 aromatic heterocycles. The molecule has 1 aromatic carbocycles. The Bertz CT molecular complexity index is 522. The van der Waals surface area contributed by atoms with Crippen molar-refractivity contribution in [2.45, 2.75) is 0 Å². The quantitative estimate of drug-likeness (QED) is 0.720. The predicted molar refractivity (Wildman–Crippen MR) is 46.6 cm³/mol. The highest BCUT2D eigenvalue weighted by molar-refractivity contribution is 5.55. The number of oxazole rings is 1. The maximum absolute atomic E-state index is 13.2. The summed E-state index contributed by atoms with van der Waals surface area (Å²) in [6.45, 7) is 0. The summed E-state index contributed by atoms with van der Waals surface area (Å²) in [4.78, 5) is 3.61. The van der Waals surface area contributed by atoms with Crippen molar-refractivity contribution in [1.29, 1.82) is 5.26 Å². The fourth-order valence-electron chi connectivity index (χ4n) is 1.14. The SMILES string of the molecule is N#Cc1coc(-c2c(F)cccc2F)n1. The summed E-state index contributed by atoms with van der Waals surface area (Å²) in [5.41, 5.74) is -0.383. The van der Waals surface area contributed by atoms with Crippen molar-refractivity contribution in [3.63, 3.8) is 0 Å². The van der Waals surface area contributed by atoms with Crippen molar-refractivity contribution < 1.29 is 13.2 Å². The second-order valence-electron chi connectivity index (χ2n) is 2.75. The molecular formula is C10H4F2N2O. The van der Waals surface area contributed by atoms with Gasteiger partial charge in [-0.3, -0.25) is 0 Å². The van der Waals surface area contributed by atoms with Crippen molar-refractivity contribution >= 4 is 0 Å². The van der Waals surface area contributed by atoms with Crippen LogP contribution in [-0.2, 0) is 0 Å². The molecule has 15 heavy (non-hydrogen) atoms. The number of rotatable bonds is 1. The van der Waals surface area contributed by atoms with Crippen molar-refractivity contribution in [3.05, 3.63) is 41.8 Å². The zero-order valence-electron chi connectivity index (χ0n) is 7.37. The Morgan fingerprint density at radius 2 is 1.93 bits per heavy atom. The van der Waals surface area contributed by atoms with E-state index in [9.17, 15) is 8.78 Å². The Balaban J connectivity index is 2.59. The highest BCUT2D eigenvalue weighted by Gasteiger charge is 2.16. The lowest BCUT2D eigenvalue weighted by Gasteiger charge is -1.98. The summed E-state index contributed by atoms with van der Waals surface area (Å²) in [7, 11) is 0. The van der Waals surface area contributed by atoms with Gasteiger partial charge < -0.3 is 4.42 Å². The molecule has 0 fully saturated rings. The molecule has 5 heteroatoms. The number of hydrogen-bond acceptors (Lipinski definition) is 3. The monoisotopic (exact) mass is 206 g/mol.